The van der Waals surface area contributed by atoms with Crippen LogP contribution >= 0.6 is 0 Å². The van der Waals surface area contributed by atoms with Gasteiger partial charge in [0.2, 0.25) is 0 Å². The van der Waals surface area contributed by atoms with Gasteiger partial charge in [0.1, 0.15) is 0 Å². The Morgan fingerprint density at radius 3 is 2.50 bits per heavy atom. The van der Waals surface area contributed by atoms with E-state index in [1.807, 2.05) is 12.1 Å². The highest BCUT2D eigenvalue weighted by Gasteiger charge is 2.16. The number of carboxylic acid groups (broad SMARTS) is 1. The average Bonchev–Trinajstić information content (AvgIpc) is 2.60. The van der Waals surface area contributed by atoms with Crippen LogP contribution < -0.4 is 0 Å². The molecular weight excluding hydrogens is 250 g/mol. The molecule has 1 N–H and O–H groups in total. The van der Waals surface area contributed by atoms with Crippen LogP contribution in [0, 0.1) is 6.92 Å². The number of aromatic nitrogens is 1. The van der Waals surface area contributed by atoms with Crippen LogP contribution in [0.2, 0.25) is 0 Å². The van der Waals surface area contributed by atoms with Crippen LogP contribution in [0.15, 0.2) is 30.3 Å². The summed E-state index contributed by atoms with van der Waals surface area (Å²) in [5, 5.41) is 8.98. The molecule has 0 atom stereocenters. The number of carboxylic acids is 1. The summed E-state index contributed by atoms with van der Waals surface area (Å²) in [5.74, 6) is -0.875. The molecule has 0 fully saturated rings. The Hall–Kier alpha value is -2.03. The van der Waals surface area contributed by atoms with Crippen molar-refractivity contribution < 1.29 is 9.90 Å². The molecule has 0 saturated carbocycles. The topological polar surface area (TPSA) is 42.2 Å². The van der Waals surface area contributed by atoms with Gasteiger partial charge in [0, 0.05) is 17.1 Å². The third-order valence-electron chi connectivity index (χ3n) is 4.11. The Morgan fingerprint density at radius 1 is 1.10 bits per heavy atom. The first kappa shape index (κ1) is 13.0. The van der Waals surface area contributed by atoms with Crippen LogP contribution in [-0.4, -0.2) is 15.6 Å². The van der Waals surface area contributed by atoms with E-state index in [1.165, 1.54) is 36.2 Å². The highest BCUT2D eigenvalue weighted by atomic mass is 16.4. The van der Waals surface area contributed by atoms with Gasteiger partial charge < -0.3 is 9.67 Å². The first-order valence-corrected chi connectivity index (χ1v) is 7.20. The molecule has 104 valence electrons. The number of fused-ring (bicyclic) bond motifs is 1. The van der Waals surface area contributed by atoms with E-state index in [9.17, 15) is 4.79 Å². The van der Waals surface area contributed by atoms with Crippen molar-refractivity contribution in [2.75, 3.05) is 0 Å². The molecule has 0 spiro atoms. The molecule has 1 aliphatic rings. The normalized spacial score (nSPS) is 14.7. The minimum atomic E-state index is -0.875. The van der Waals surface area contributed by atoms with Crippen LogP contribution in [0.1, 0.15) is 46.6 Å². The van der Waals surface area contributed by atoms with Gasteiger partial charge in [0.15, 0.2) is 0 Å². The number of rotatable bonds is 2. The lowest BCUT2D eigenvalue weighted by Gasteiger charge is -2.12. The summed E-state index contributed by atoms with van der Waals surface area (Å²) < 4.78 is 2.28. The Bertz CT molecular complexity index is 638. The van der Waals surface area contributed by atoms with E-state index in [0.29, 0.717) is 5.56 Å². The van der Waals surface area contributed by atoms with Crippen LogP contribution in [0.4, 0.5) is 0 Å². The molecule has 0 aliphatic heterocycles. The maximum atomic E-state index is 10.9. The van der Waals surface area contributed by atoms with Crippen molar-refractivity contribution in [2.24, 2.45) is 0 Å². The van der Waals surface area contributed by atoms with E-state index < -0.39 is 5.97 Å². The molecule has 2 aromatic rings. The molecule has 1 aromatic heterocycles. The number of hydrogen-bond donors (Lipinski definition) is 1. The molecule has 3 nitrogen and oxygen atoms in total. The van der Waals surface area contributed by atoms with E-state index in [4.69, 9.17) is 5.11 Å². The maximum absolute atomic E-state index is 10.9. The van der Waals surface area contributed by atoms with E-state index in [1.54, 1.807) is 12.1 Å². The van der Waals surface area contributed by atoms with Gasteiger partial charge in [-0.2, -0.15) is 0 Å². The smallest absolute Gasteiger partial charge is 0.335 e. The van der Waals surface area contributed by atoms with Gasteiger partial charge in [-0.3, -0.25) is 0 Å². The Balaban J connectivity index is 2.05. The second-order valence-electron chi connectivity index (χ2n) is 5.51. The summed E-state index contributed by atoms with van der Waals surface area (Å²) >= 11 is 0. The highest BCUT2D eigenvalue weighted by Crippen LogP contribution is 2.27. The van der Waals surface area contributed by atoms with Gasteiger partial charge in [-0.1, -0.05) is 6.42 Å². The molecule has 1 aliphatic carbocycles. The van der Waals surface area contributed by atoms with Gasteiger partial charge in [-0.15, -0.1) is 0 Å². The van der Waals surface area contributed by atoms with Crippen LogP contribution in [0.25, 0.3) is 5.69 Å². The largest absolute Gasteiger partial charge is 0.478 e. The van der Waals surface area contributed by atoms with Gasteiger partial charge >= 0.3 is 5.97 Å². The molecule has 0 amide bonds. The summed E-state index contributed by atoms with van der Waals surface area (Å²) in [6, 6.07) is 9.45. The predicted molar refractivity (Wildman–Crippen MR) is 78.7 cm³/mol. The Kier molecular flexibility index (Phi) is 3.35. The van der Waals surface area contributed by atoms with Crippen molar-refractivity contribution in [1.82, 2.24) is 4.57 Å². The van der Waals surface area contributed by atoms with Crippen molar-refractivity contribution in [1.29, 1.82) is 0 Å². The zero-order chi connectivity index (χ0) is 14.1. The molecule has 0 saturated heterocycles. The van der Waals surface area contributed by atoms with Gasteiger partial charge in [-0.05, 0) is 68.5 Å². The second kappa shape index (κ2) is 5.16. The molecule has 0 bridgehead atoms. The summed E-state index contributed by atoms with van der Waals surface area (Å²) in [6.45, 7) is 2.12. The van der Waals surface area contributed by atoms with Crippen molar-refractivity contribution in [3.63, 3.8) is 0 Å². The van der Waals surface area contributed by atoms with Crippen molar-refractivity contribution in [3.8, 4) is 5.69 Å². The van der Waals surface area contributed by atoms with E-state index in [2.05, 4.69) is 17.6 Å². The Morgan fingerprint density at radius 2 is 1.80 bits per heavy atom. The summed E-state index contributed by atoms with van der Waals surface area (Å²) in [7, 11) is 0. The van der Waals surface area contributed by atoms with Gasteiger partial charge in [-0.25, -0.2) is 4.79 Å². The zero-order valence-electron chi connectivity index (χ0n) is 11.7. The first-order valence-electron chi connectivity index (χ1n) is 7.20. The maximum Gasteiger partial charge on any atom is 0.335 e. The second-order valence-corrected chi connectivity index (χ2v) is 5.51. The minimum Gasteiger partial charge on any atom is -0.478 e. The summed E-state index contributed by atoms with van der Waals surface area (Å²) in [5.41, 5.74) is 5.51. The van der Waals surface area contributed by atoms with Crippen molar-refractivity contribution in [3.05, 3.63) is 52.8 Å². The van der Waals surface area contributed by atoms with Crippen LogP contribution in [0.3, 0.4) is 0 Å². The highest BCUT2D eigenvalue weighted by molar-refractivity contribution is 5.87. The molecule has 0 unspecified atom stereocenters. The van der Waals surface area contributed by atoms with E-state index >= 15 is 0 Å². The quantitative estimate of drug-likeness (QED) is 0.844. The average molecular weight is 269 g/mol. The first-order chi connectivity index (χ1) is 9.66. The number of carbonyl (C=O) groups is 1. The number of aromatic carboxylic acids is 1. The lowest BCUT2D eigenvalue weighted by Crippen LogP contribution is -2.04. The lowest BCUT2D eigenvalue weighted by molar-refractivity contribution is 0.0697. The van der Waals surface area contributed by atoms with Crippen molar-refractivity contribution in [2.45, 2.75) is 39.0 Å². The monoisotopic (exact) mass is 269 g/mol. The van der Waals surface area contributed by atoms with E-state index in [-0.39, 0.29) is 0 Å². The number of hydrogen-bond acceptors (Lipinski definition) is 1. The predicted octanol–water partition coefficient (Wildman–Crippen LogP) is 3.75. The molecule has 1 heterocycles. The number of benzene rings is 1. The third-order valence-corrected chi connectivity index (χ3v) is 4.11. The molecule has 1 aromatic carbocycles. The fourth-order valence-corrected chi connectivity index (χ4v) is 3.14. The molecule has 0 radical (unpaired) electrons. The number of nitrogens with zero attached hydrogens (tertiary/aromatic N) is 1. The van der Waals surface area contributed by atoms with E-state index in [0.717, 1.165) is 18.5 Å². The molecule has 3 heteroatoms. The SMILES string of the molecule is Cc1cc2c(n1-c1ccc(C(=O)O)cc1)CCCCC2. The molecule has 20 heavy (non-hydrogen) atoms. The fraction of sp³-hybridized carbons (Fsp3) is 0.353. The minimum absolute atomic E-state index is 0.338. The summed E-state index contributed by atoms with van der Waals surface area (Å²) in [6.07, 6.45) is 6.09. The zero-order valence-corrected chi connectivity index (χ0v) is 11.7. The standard InChI is InChI=1S/C17H19NO2/c1-12-11-14-5-3-2-4-6-16(14)18(12)15-9-7-13(8-10-15)17(19)20/h7-11H,2-6H2,1H3,(H,19,20). The van der Waals surface area contributed by atoms with Gasteiger partial charge in [0.25, 0.3) is 0 Å². The van der Waals surface area contributed by atoms with Crippen molar-refractivity contribution >= 4 is 5.97 Å². The fourth-order valence-electron chi connectivity index (χ4n) is 3.14. The Labute approximate surface area is 118 Å². The third kappa shape index (κ3) is 2.24. The molecular formula is C17H19NO2. The van der Waals surface area contributed by atoms with Crippen LogP contribution in [-0.2, 0) is 12.8 Å². The van der Waals surface area contributed by atoms with Gasteiger partial charge in [0.05, 0.1) is 5.56 Å². The lowest BCUT2D eigenvalue weighted by atomic mass is 10.1. The van der Waals surface area contributed by atoms with Crippen LogP contribution in [0.5, 0.6) is 0 Å². The summed E-state index contributed by atoms with van der Waals surface area (Å²) in [4.78, 5) is 10.9. The number of aryl methyl sites for hydroxylation is 2. The molecule has 3 rings (SSSR count).